The second-order valence-corrected chi connectivity index (χ2v) is 13.5. The number of Topliss-reactive ketones (excluding diaryl/α,β-unsaturated/α-hetero) is 1. The van der Waals surface area contributed by atoms with Gasteiger partial charge >= 0.3 is 0 Å². The molecular weight excluding hydrogens is 427 g/mol. The molecule has 1 atom stereocenters. The Morgan fingerprint density at radius 3 is 2.52 bits per heavy atom. The number of carbonyl (C=O) groups excluding carboxylic acids is 1. The van der Waals surface area contributed by atoms with Crippen LogP contribution in [0.3, 0.4) is 0 Å². The minimum absolute atomic E-state index is 0.130. The standard InChI is InChI=1S/C20H22Cl2N4O2Si/c1-28-14-7-5-12(6-8-14)9-15-17(27)19(26-20(22)24-15)25-18-16(29(2,3)4)10-13(21)11-23-18/h5-8,10-11,15H,9H2,1-4H3,(H,23,24,25,26). The Balaban J connectivity index is 1.91. The van der Waals surface area contributed by atoms with Gasteiger partial charge < -0.3 is 10.1 Å². The molecule has 3 rings (SSSR count). The first-order valence-corrected chi connectivity index (χ1v) is 13.3. The van der Waals surface area contributed by atoms with Gasteiger partial charge in [-0.2, -0.15) is 0 Å². The number of pyridine rings is 1. The summed E-state index contributed by atoms with van der Waals surface area (Å²) in [4.78, 5) is 26.1. The lowest BCUT2D eigenvalue weighted by Crippen LogP contribution is -2.46. The first kappa shape index (κ1) is 21.5. The lowest BCUT2D eigenvalue weighted by atomic mass is 10.0. The highest BCUT2D eigenvalue weighted by Gasteiger charge is 2.30. The van der Waals surface area contributed by atoms with E-state index in [2.05, 4.69) is 39.9 Å². The summed E-state index contributed by atoms with van der Waals surface area (Å²) in [7, 11) is -0.179. The molecule has 0 aliphatic carbocycles. The van der Waals surface area contributed by atoms with Crippen molar-refractivity contribution < 1.29 is 9.53 Å². The first-order valence-electron chi connectivity index (χ1n) is 9.09. The third-order valence-corrected chi connectivity index (χ3v) is 6.86. The zero-order valence-corrected chi connectivity index (χ0v) is 19.2. The summed E-state index contributed by atoms with van der Waals surface area (Å²) in [6.45, 7) is 6.50. The van der Waals surface area contributed by atoms with E-state index in [4.69, 9.17) is 27.9 Å². The molecule has 2 aromatic rings. The predicted octanol–water partition coefficient (Wildman–Crippen LogP) is 3.70. The van der Waals surface area contributed by atoms with Crippen LogP contribution in [0.5, 0.6) is 5.75 Å². The number of hydrogen-bond donors (Lipinski definition) is 1. The molecule has 2 heterocycles. The number of carbonyl (C=O) groups is 1. The Kier molecular flexibility index (Phi) is 6.41. The van der Waals surface area contributed by atoms with Gasteiger partial charge in [-0.25, -0.2) is 15.0 Å². The smallest absolute Gasteiger partial charge is 0.223 e. The third-order valence-electron chi connectivity index (χ3n) is 4.47. The van der Waals surface area contributed by atoms with Crippen LogP contribution in [0.1, 0.15) is 5.56 Å². The molecule has 1 N–H and O–H groups in total. The zero-order valence-electron chi connectivity index (χ0n) is 16.7. The Morgan fingerprint density at radius 2 is 1.90 bits per heavy atom. The van der Waals surface area contributed by atoms with E-state index in [9.17, 15) is 4.79 Å². The van der Waals surface area contributed by atoms with E-state index in [0.29, 0.717) is 17.3 Å². The second kappa shape index (κ2) is 8.65. The molecule has 29 heavy (non-hydrogen) atoms. The molecule has 1 aliphatic heterocycles. The van der Waals surface area contributed by atoms with Gasteiger partial charge in [0, 0.05) is 12.6 Å². The zero-order chi connectivity index (χ0) is 21.2. The molecule has 0 saturated carbocycles. The number of rotatable bonds is 5. The number of nitrogens with zero attached hydrogens (tertiary/aromatic N) is 3. The fraction of sp³-hybridized carbons (Fsp3) is 0.300. The molecule has 0 bridgehead atoms. The number of benzene rings is 1. The van der Waals surface area contributed by atoms with E-state index in [0.717, 1.165) is 16.5 Å². The maximum atomic E-state index is 13.0. The van der Waals surface area contributed by atoms with Crippen molar-refractivity contribution in [3.05, 3.63) is 47.1 Å². The number of aromatic nitrogens is 1. The van der Waals surface area contributed by atoms with Crippen LogP contribution in [-0.4, -0.2) is 43.1 Å². The molecule has 152 valence electrons. The SMILES string of the molecule is COc1ccc(CC2N=C(Cl)NC(=Nc3ncc(Cl)cc3[Si](C)(C)C)C2=O)cc1. The van der Waals surface area contributed by atoms with E-state index < -0.39 is 14.1 Å². The summed E-state index contributed by atoms with van der Waals surface area (Å²) in [6.07, 6.45) is 1.94. The minimum atomic E-state index is -1.79. The minimum Gasteiger partial charge on any atom is -0.497 e. The van der Waals surface area contributed by atoms with Crippen molar-refractivity contribution >= 4 is 59.2 Å². The number of halogens is 2. The van der Waals surface area contributed by atoms with Crippen LogP contribution < -0.4 is 15.2 Å². The quantitative estimate of drug-likeness (QED) is 0.558. The van der Waals surface area contributed by atoms with Crippen LogP contribution in [0.15, 0.2) is 46.5 Å². The van der Waals surface area contributed by atoms with Crippen LogP contribution in [-0.2, 0) is 11.2 Å². The van der Waals surface area contributed by atoms with Gasteiger partial charge in [0.05, 0.1) is 20.2 Å². The van der Waals surface area contributed by atoms with Crippen molar-refractivity contribution in [2.75, 3.05) is 7.11 Å². The van der Waals surface area contributed by atoms with Crippen LogP contribution in [0, 0.1) is 0 Å². The van der Waals surface area contributed by atoms with Crippen molar-refractivity contribution in [1.82, 2.24) is 10.3 Å². The highest BCUT2D eigenvalue weighted by atomic mass is 35.5. The van der Waals surface area contributed by atoms with Crippen molar-refractivity contribution in [1.29, 1.82) is 0 Å². The monoisotopic (exact) mass is 448 g/mol. The number of ether oxygens (including phenoxy) is 1. The van der Waals surface area contributed by atoms with Gasteiger partial charge in [0.1, 0.15) is 11.8 Å². The third kappa shape index (κ3) is 5.23. The summed E-state index contributed by atoms with van der Waals surface area (Å²) >= 11 is 12.3. The number of aliphatic imine (C=N–C) groups is 2. The van der Waals surface area contributed by atoms with E-state index in [-0.39, 0.29) is 16.9 Å². The molecule has 0 amide bonds. The number of amidine groups is 2. The Hall–Kier alpha value is -2.22. The van der Waals surface area contributed by atoms with Gasteiger partial charge in [0.15, 0.2) is 16.9 Å². The average molecular weight is 449 g/mol. The molecule has 9 heteroatoms. The normalized spacial score (nSPS) is 18.4. The summed E-state index contributed by atoms with van der Waals surface area (Å²) < 4.78 is 5.17. The van der Waals surface area contributed by atoms with Gasteiger partial charge in [0.25, 0.3) is 0 Å². The van der Waals surface area contributed by atoms with Crippen LogP contribution in [0.25, 0.3) is 0 Å². The number of methoxy groups -OCH3 is 1. The van der Waals surface area contributed by atoms with E-state index in [1.807, 2.05) is 30.3 Å². The number of ketones is 1. The van der Waals surface area contributed by atoms with Crippen LogP contribution in [0.2, 0.25) is 24.7 Å². The molecule has 0 radical (unpaired) electrons. The van der Waals surface area contributed by atoms with E-state index in [1.165, 1.54) is 6.20 Å². The van der Waals surface area contributed by atoms with Gasteiger partial charge in [-0.05, 0) is 40.6 Å². The fourth-order valence-electron chi connectivity index (χ4n) is 2.93. The van der Waals surface area contributed by atoms with Gasteiger partial charge in [-0.1, -0.05) is 43.4 Å². The van der Waals surface area contributed by atoms with Gasteiger partial charge in [0.2, 0.25) is 5.78 Å². The fourth-order valence-corrected chi connectivity index (χ4v) is 4.77. The average Bonchev–Trinajstić information content (AvgIpc) is 2.66. The molecule has 1 aromatic heterocycles. The Morgan fingerprint density at radius 1 is 1.21 bits per heavy atom. The topological polar surface area (TPSA) is 75.9 Å². The maximum Gasteiger partial charge on any atom is 0.223 e. The lowest BCUT2D eigenvalue weighted by Gasteiger charge is -2.22. The van der Waals surface area contributed by atoms with Crippen molar-refractivity contribution in [2.24, 2.45) is 9.98 Å². The molecule has 0 saturated heterocycles. The van der Waals surface area contributed by atoms with Crippen LogP contribution in [0.4, 0.5) is 5.82 Å². The molecule has 1 aromatic carbocycles. The summed E-state index contributed by atoms with van der Waals surface area (Å²) in [5.41, 5.74) is 0.950. The van der Waals surface area contributed by atoms with Gasteiger partial charge in [-0.3, -0.25) is 4.79 Å². The van der Waals surface area contributed by atoms with Gasteiger partial charge in [-0.15, -0.1) is 0 Å². The summed E-state index contributed by atoms with van der Waals surface area (Å²) in [5, 5.41) is 4.43. The highest BCUT2D eigenvalue weighted by Crippen LogP contribution is 2.19. The van der Waals surface area contributed by atoms with Crippen LogP contribution >= 0.6 is 23.2 Å². The molecule has 1 unspecified atom stereocenters. The predicted molar refractivity (Wildman–Crippen MR) is 121 cm³/mol. The highest BCUT2D eigenvalue weighted by molar-refractivity contribution is 6.89. The molecule has 0 spiro atoms. The number of hydrogen-bond acceptors (Lipinski definition) is 5. The lowest BCUT2D eigenvalue weighted by molar-refractivity contribution is -0.114. The molecule has 0 fully saturated rings. The molecular formula is C20H22Cl2N4O2Si. The van der Waals surface area contributed by atoms with E-state index in [1.54, 1.807) is 7.11 Å². The summed E-state index contributed by atoms with van der Waals surface area (Å²) in [5.74, 6) is 1.14. The molecule has 6 nitrogen and oxygen atoms in total. The first-order chi connectivity index (χ1) is 13.7. The second-order valence-electron chi connectivity index (χ2n) is 7.71. The van der Waals surface area contributed by atoms with Crippen molar-refractivity contribution in [2.45, 2.75) is 32.1 Å². The Bertz CT molecular complexity index is 985. The maximum absolute atomic E-state index is 13.0. The van der Waals surface area contributed by atoms with Crippen molar-refractivity contribution in [3.63, 3.8) is 0 Å². The largest absolute Gasteiger partial charge is 0.497 e. The van der Waals surface area contributed by atoms with Crippen molar-refractivity contribution in [3.8, 4) is 5.75 Å². The van der Waals surface area contributed by atoms with E-state index >= 15 is 0 Å². The summed E-state index contributed by atoms with van der Waals surface area (Å²) in [6, 6.07) is 8.71. The molecule has 1 aliphatic rings. The number of nitrogens with one attached hydrogen (secondary N) is 1. The Labute approximate surface area is 181 Å².